The molecule has 0 saturated carbocycles. The highest BCUT2D eigenvalue weighted by molar-refractivity contribution is 5.79. The smallest absolute Gasteiger partial charge is 0.237 e. The lowest BCUT2D eigenvalue weighted by Gasteiger charge is -2.42. The zero-order valence-electron chi connectivity index (χ0n) is 10.2. The lowest BCUT2D eigenvalue weighted by molar-refractivity contribution is -0.141. The maximum absolute atomic E-state index is 11.9. The van der Waals surface area contributed by atoms with Crippen molar-refractivity contribution in [3.63, 3.8) is 0 Å². The number of carbonyl (C=O) groups excluding carboxylic acids is 1. The molecular formula is C11H23N3O. The van der Waals surface area contributed by atoms with Gasteiger partial charge in [0, 0.05) is 31.2 Å². The topological polar surface area (TPSA) is 49.6 Å². The van der Waals surface area contributed by atoms with E-state index < -0.39 is 0 Å². The van der Waals surface area contributed by atoms with E-state index >= 15 is 0 Å². The van der Waals surface area contributed by atoms with Crippen molar-refractivity contribution in [1.82, 2.24) is 9.80 Å². The van der Waals surface area contributed by atoms with Crippen LogP contribution in [-0.2, 0) is 4.79 Å². The number of carbonyl (C=O) groups is 1. The molecule has 1 amide bonds. The Kier molecular flexibility index (Phi) is 4.11. The zero-order chi connectivity index (χ0) is 11.6. The van der Waals surface area contributed by atoms with E-state index in [9.17, 15) is 4.79 Å². The van der Waals surface area contributed by atoms with Gasteiger partial charge in [-0.25, -0.2) is 0 Å². The van der Waals surface area contributed by atoms with Gasteiger partial charge in [-0.15, -0.1) is 0 Å². The van der Waals surface area contributed by atoms with Crippen LogP contribution in [0.2, 0.25) is 0 Å². The first-order chi connectivity index (χ1) is 6.91. The Balaban J connectivity index is 2.59. The first-order valence-corrected chi connectivity index (χ1v) is 5.71. The lowest BCUT2D eigenvalue weighted by Crippen LogP contribution is -2.58. The average Bonchev–Trinajstić information content (AvgIpc) is 1.99. The van der Waals surface area contributed by atoms with Gasteiger partial charge < -0.3 is 10.6 Å². The summed E-state index contributed by atoms with van der Waals surface area (Å²) < 4.78 is 0. The average molecular weight is 213 g/mol. The van der Waals surface area contributed by atoms with E-state index in [1.807, 2.05) is 11.8 Å². The van der Waals surface area contributed by atoms with Crippen LogP contribution in [0.4, 0.5) is 0 Å². The molecule has 1 rings (SSSR count). The van der Waals surface area contributed by atoms with Crippen LogP contribution in [0, 0.1) is 0 Å². The third kappa shape index (κ3) is 3.18. The maximum atomic E-state index is 11.9. The van der Waals surface area contributed by atoms with Crippen LogP contribution in [-0.4, -0.2) is 53.5 Å². The molecule has 2 atom stereocenters. The molecule has 88 valence electrons. The van der Waals surface area contributed by atoms with Crippen LogP contribution in [0.15, 0.2) is 0 Å². The summed E-state index contributed by atoms with van der Waals surface area (Å²) in [5.74, 6) is 0.226. The molecule has 0 spiro atoms. The third-order valence-corrected chi connectivity index (χ3v) is 2.75. The van der Waals surface area contributed by atoms with Gasteiger partial charge >= 0.3 is 0 Å². The first kappa shape index (κ1) is 12.5. The quantitative estimate of drug-likeness (QED) is 0.732. The van der Waals surface area contributed by atoms with Crippen LogP contribution in [0.25, 0.3) is 0 Å². The molecule has 0 aromatic heterocycles. The molecule has 0 bridgehead atoms. The van der Waals surface area contributed by atoms with Crippen molar-refractivity contribution >= 4 is 5.91 Å². The van der Waals surface area contributed by atoms with E-state index in [1.54, 1.807) is 0 Å². The van der Waals surface area contributed by atoms with E-state index in [-0.39, 0.29) is 11.9 Å². The number of piperazine rings is 1. The molecule has 1 fully saturated rings. The van der Waals surface area contributed by atoms with E-state index in [1.165, 1.54) is 0 Å². The predicted molar refractivity (Wildman–Crippen MR) is 61.5 cm³/mol. The summed E-state index contributed by atoms with van der Waals surface area (Å²) in [4.78, 5) is 16.0. The molecule has 1 aliphatic rings. The number of rotatable bonds is 3. The predicted octanol–water partition coefficient (Wildman–Crippen LogP) is 0.275. The van der Waals surface area contributed by atoms with Gasteiger partial charge in [-0.3, -0.25) is 9.69 Å². The maximum Gasteiger partial charge on any atom is 0.237 e. The Morgan fingerprint density at radius 2 is 2.07 bits per heavy atom. The van der Waals surface area contributed by atoms with Crippen molar-refractivity contribution in [1.29, 1.82) is 0 Å². The standard InChI is InChI=1S/C11H23N3O/c1-8(2)14-10(4)6-13(5-9(3)12)7-11(14)15/h8-10H,5-7,12H2,1-4H3. The van der Waals surface area contributed by atoms with Crippen molar-refractivity contribution < 1.29 is 4.79 Å². The van der Waals surface area contributed by atoms with Gasteiger partial charge in [0.25, 0.3) is 0 Å². The molecule has 0 aromatic carbocycles. The first-order valence-electron chi connectivity index (χ1n) is 5.71. The number of amides is 1. The van der Waals surface area contributed by atoms with Crippen molar-refractivity contribution in [3.8, 4) is 0 Å². The fourth-order valence-corrected chi connectivity index (χ4v) is 2.39. The summed E-state index contributed by atoms with van der Waals surface area (Å²) in [7, 11) is 0. The van der Waals surface area contributed by atoms with Crippen molar-refractivity contribution in [3.05, 3.63) is 0 Å². The summed E-state index contributed by atoms with van der Waals surface area (Å²) in [6, 6.07) is 0.727. The van der Waals surface area contributed by atoms with Crippen LogP contribution in [0.5, 0.6) is 0 Å². The SMILES string of the molecule is CC(N)CN1CC(=O)N(C(C)C)C(C)C1. The van der Waals surface area contributed by atoms with E-state index in [2.05, 4.69) is 25.7 Å². The number of nitrogens with zero attached hydrogens (tertiary/aromatic N) is 2. The molecule has 1 heterocycles. The molecule has 0 aliphatic carbocycles. The highest BCUT2D eigenvalue weighted by atomic mass is 16.2. The van der Waals surface area contributed by atoms with Gasteiger partial charge in [0.05, 0.1) is 6.54 Å². The van der Waals surface area contributed by atoms with Crippen LogP contribution < -0.4 is 5.73 Å². The molecular weight excluding hydrogens is 190 g/mol. The number of hydrogen-bond donors (Lipinski definition) is 1. The number of hydrogen-bond acceptors (Lipinski definition) is 3. The van der Waals surface area contributed by atoms with E-state index in [0.29, 0.717) is 18.6 Å². The van der Waals surface area contributed by atoms with Crippen molar-refractivity contribution in [2.45, 2.75) is 45.8 Å². The van der Waals surface area contributed by atoms with Gasteiger partial charge in [0.15, 0.2) is 0 Å². The van der Waals surface area contributed by atoms with E-state index in [0.717, 1.165) is 13.1 Å². The van der Waals surface area contributed by atoms with Crippen molar-refractivity contribution in [2.24, 2.45) is 5.73 Å². The summed E-state index contributed by atoms with van der Waals surface area (Å²) in [5.41, 5.74) is 5.74. The normalized spacial score (nSPS) is 26.1. The van der Waals surface area contributed by atoms with E-state index in [4.69, 9.17) is 5.73 Å². The molecule has 0 aromatic rings. The monoisotopic (exact) mass is 213 g/mol. The Morgan fingerprint density at radius 1 is 1.47 bits per heavy atom. The minimum Gasteiger partial charge on any atom is -0.335 e. The summed E-state index contributed by atoms with van der Waals surface area (Å²) in [6.07, 6.45) is 0. The number of nitrogens with two attached hydrogens (primary N) is 1. The molecule has 4 heteroatoms. The molecule has 1 aliphatic heterocycles. The Morgan fingerprint density at radius 3 is 2.47 bits per heavy atom. The van der Waals surface area contributed by atoms with Gasteiger partial charge in [0.1, 0.15) is 0 Å². The molecule has 0 radical (unpaired) electrons. The molecule has 2 unspecified atom stereocenters. The lowest BCUT2D eigenvalue weighted by atomic mass is 10.1. The second-order valence-corrected chi connectivity index (χ2v) is 4.92. The summed E-state index contributed by atoms with van der Waals surface area (Å²) in [5, 5.41) is 0. The van der Waals surface area contributed by atoms with Crippen LogP contribution in [0.1, 0.15) is 27.7 Å². The highest BCUT2D eigenvalue weighted by Crippen LogP contribution is 2.14. The minimum atomic E-state index is 0.135. The van der Waals surface area contributed by atoms with Gasteiger partial charge in [-0.2, -0.15) is 0 Å². The Labute approximate surface area is 92.4 Å². The fourth-order valence-electron chi connectivity index (χ4n) is 2.39. The molecule has 15 heavy (non-hydrogen) atoms. The molecule has 4 nitrogen and oxygen atoms in total. The largest absolute Gasteiger partial charge is 0.335 e. The third-order valence-electron chi connectivity index (χ3n) is 2.75. The zero-order valence-corrected chi connectivity index (χ0v) is 10.2. The fraction of sp³-hybridized carbons (Fsp3) is 0.909. The van der Waals surface area contributed by atoms with Gasteiger partial charge in [-0.05, 0) is 27.7 Å². The van der Waals surface area contributed by atoms with Gasteiger partial charge in [0.2, 0.25) is 5.91 Å². The molecule has 1 saturated heterocycles. The van der Waals surface area contributed by atoms with Gasteiger partial charge in [-0.1, -0.05) is 0 Å². The molecule has 2 N–H and O–H groups in total. The summed E-state index contributed by atoms with van der Waals surface area (Å²) >= 11 is 0. The minimum absolute atomic E-state index is 0.135. The van der Waals surface area contributed by atoms with Crippen LogP contribution >= 0.6 is 0 Å². The highest BCUT2D eigenvalue weighted by Gasteiger charge is 2.31. The van der Waals surface area contributed by atoms with Crippen LogP contribution in [0.3, 0.4) is 0 Å². The second kappa shape index (κ2) is 4.94. The Hall–Kier alpha value is -0.610. The Bertz CT molecular complexity index is 228. The second-order valence-electron chi connectivity index (χ2n) is 4.92. The summed E-state index contributed by atoms with van der Waals surface area (Å²) in [6.45, 7) is 10.5. The van der Waals surface area contributed by atoms with Crippen molar-refractivity contribution in [2.75, 3.05) is 19.6 Å².